The van der Waals surface area contributed by atoms with Crippen LogP contribution in [-0.4, -0.2) is 41.9 Å². The summed E-state index contributed by atoms with van der Waals surface area (Å²) in [5.41, 5.74) is 4.80. The number of carbonyl (C=O) groups is 2. The van der Waals surface area contributed by atoms with Crippen molar-refractivity contribution in [2.45, 2.75) is 44.9 Å². The van der Waals surface area contributed by atoms with Crippen molar-refractivity contribution in [3.8, 4) is 0 Å². The van der Waals surface area contributed by atoms with E-state index in [0.717, 1.165) is 42.0 Å². The molecule has 4 heterocycles. The number of hydrogen-bond acceptors (Lipinski definition) is 8. The molecular formula is C29H28N6O2. The largest absolute Gasteiger partial charge is 0.299 e. The van der Waals surface area contributed by atoms with Gasteiger partial charge < -0.3 is 0 Å². The van der Waals surface area contributed by atoms with E-state index in [2.05, 4.69) is 30.4 Å². The fourth-order valence-corrected chi connectivity index (χ4v) is 4.47. The highest BCUT2D eigenvalue weighted by atomic mass is 16.1. The van der Waals surface area contributed by atoms with Crippen LogP contribution in [0.1, 0.15) is 40.6 Å². The highest BCUT2D eigenvalue weighted by Gasteiger charge is 2.37. The second-order valence-corrected chi connectivity index (χ2v) is 9.62. The number of Topliss-reactive ketones (excluding diaryl/α,β-unsaturated/α-hetero) is 2. The van der Waals surface area contributed by atoms with E-state index in [-0.39, 0.29) is 24.4 Å². The zero-order chi connectivity index (χ0) is 25.5. The first-order chi connectivity index (χ1) is 18.1. The summed E-state index contributed by atoms with van der Waals surface area (Å²) in [5.74, 6) is 1.25. The second kappa shape index (κ2) is 11.7. The molecule has 0 N–H and O–H groups in total. The van der Waals surface area contributed by atoms with Crippen molar-refractivity contribution in [3.63, 3.8) is 0 Å². The Labute approximate surface area is 215 Å². The molecule has 0 amide bonds. The molecular weight excluding hydrogens is 464 g/mol. The Hall–Kier alpha value is -4.20. The third-order valence-corrected chi connectivity index (χ3v) is 6.53. The zero-order valence-electron chi connectivity index (χ0n) is 20.5. The molecule has 1 fully saturated rings. The molecule has 0 saturated heterocycles. The van der Waals surface area contributed by atoms with Crippen molar-refractivity contribution in [3.05, 3.63) is 107 Å². The molecule has 4 aromatic rings. The molecule has 8 heteroatoms. The van der Waals surface area contributed by atoms with Gasteiger partial charge in [0, 0.05) is 36.6 Å². The third kappa shape index (κ3) is 7.39. The van der Waals surface area contributed by atoms with Crippen LogP contribution in [0, 0.1) is 11.8 Å². The first-order valence-electron chi connectivity index (χ1n) is 12.6. The summed E-state index contributed by atoms with van der Waals surface area (Å²) in [5, 5.41) is 17.2. The molecule has 2 atom stereocenters. The van der Waals surface area contributed by atoms with E-state index in [9.17, 15) is 9.59 Å². The minimum Gasteiger partial charge on any atom is -0.299 e. The average molecular weight is 493 g/mol. The van der Waals surface area contributed by atoms with Crippen LogP contribution < -0.4 is 0 Å². The summed E-state index contributed by atoms with van der Waals surface area (Å²) in [7, 11) is 0. The maximum atomic E-state index is 12.3. The molecule has 0 bridgehead atoms. The van der Waals surface area contributed by atoms with Gasteiger partial charge in [-0.05, 0) is 79.6 Å². The lowest BCUT2D eigenvalue weighted by atomic mass is 10.1. The average Bonchev–Trinajstić information content (AvgIpc) is 3.64. The molecule has 1 aliphatic rings. The molecule has 0 spiro atoms. The molecule has 186 valence electrons. The quantitative estimate of drug-likeness (QED) is 0.296. The number of hydrogen-bond donors (Lipinski definition) is 0. The molecule has 1 saturated carbocycles. The van der Waals surface area contributed by atoms with Gasteiger partial charge in [-0.3, -0.25) is 19.6 Å². The van der Waals surface area contributed by atoms with Crippen LogP contribution in [-0.2, 0) is 48.1 Å². The van der Waals surface area contributed by atoms with Crippen molar-refractivity contribution in [2.75, 3.05) is 0 Å². The van der Waals surface area contributed by atoms with Gasteiger partial charge in [0.1, 0.15) is 11.6 Å². The Bertz CT molecular complexity index is 1220. The summed E-state index contributed by atoms with van der Waals surface area (Å²) in [6, 6.07) is 18.9. The van der Waals surface area contributed by atoms with Gasteiger partial charge in [0.05, 0.1) is 35.6 Å². The van der Waals surface area contributed by atoms with E-state index in [1.165, 1.54) is 0 Å². The van der Waals surface area contributed by atoms with Crippen molar-refractivity contribution >= 4 is 11.6 Å². The predicted molar refractivity (Wildman–Crippen MR) is 136 cm³/mol. The summed E-state index contributed by atoms with van der Waals surface area (Å²) in [4.78, 5) is 33.0. The van der Waals surface area contributed by atoms with Gasteiger partial charge in [-0.1, -0.05) is 12.1 Å². The van der Waals surface area contributed by atoms with E-state index in [4.69, 9.17) is 0 Å². The van der Waals surface area contributed by atoms with Gasteiger partial charge in [-0.2, -0.15) is 20.4 Å². The minimum atomic E-state index is 0.0766. The Kier molecular flexibility index (Phi) is 7.74. The maximum absolute atomic E-state index is 12.3. The normalized spacial score (nSPS) is 16.3. The van der Waals surface area contributed by atoms with Gasteiger partial charge in [-0.25, -0.2) is 0 Å². The maximum Gasteiger partial charge on any atom is 0.144 e. The van der Waals surface area contributed by atoms with Gasteiger partial charge in [0.2, 0.25) is 0 Å². The van der Waals surface area contributed by atoms with Gasteiger partial charge in [0.15, 0.2) is 0 Å². The number of nitrogens with zero attached hydrogens (tertiary/aromatic N) is 6. The van der Waals surface area contributed by atoms with Crippen molar-refractivity contribution in [1.82, 2.24) is 30.4 Å². The fourth-order valence-electron chi connectivity index (χ4n) is 4.47. The van der Waals surface area contributed by atoms with E-state index in [1.807, 2.05) is 60.7 Å². The van der Waals surface area contributed by atoms with E-state index in [1.54, 1.807) is 12.4 Å². The molecule has 0 aromatic carbocycles. The van der Waals surface area contributed by atoms with E-state index >= 15 is 0 Å². The number of pyridine rings is 2. The molecule has 0 radical (unpaired) electrons. The topological polar surface area (TPSA) is 111 Å². The molecule has 8 nitrogen and oxygen atoms in total. The van der Waals surface area contributed by atoms with Crippen molar-refractivity contribution in [2.24, 2.45) is 11.8 Å². The molecule has 0 unspecified atom stereocenters. The highest BCUT2D eigenvalue weighted by molar-refractivity contribution is 5.82. The monoisotopic (exact) mass is 492 g/mol. The van der Waals surface area contributed by atoms with Crippen LogP contribution in [0.2, 0.25) is 0 Å². The van der Waals surface area contributed by atoms with Crippen LogP contribution in [0.5, 0.6) is 0 Å². The van der Waals surface area contributed by atoms with Crippen molar-refractivity contribution < 1.29 is 9.59 Å². The standard InChI is InChI=1S/C29H28N6O2/c36-28(16-22-5-1-3-11-30-22)18-26-9-7-24(32-34-26)14-20-13-21(20)15-25-8-10-27(35-33-25)19-29(37)17-23-6-2-4-12-31-23/h1-12,20-21H,13-19H2/t20-,21-/m0/s1. The van der Waals surface area contributed by atoms with Crippen LogP contribution >= 0.6 is 0 Å². The Morgan fingerprint density at radius 3 is 1.32 bits per heavy atom. The summed E-state index contributed by atoms with van der Waals surface area (Å²) in [6.45, 7) is 0. The highest BCUT2D eigenvalue weighted by Crippen LogP contribution is 2.42. The first kappa shape index (κ1) is 24.5. The Balaban J connectivity index is 1.04. The first-order valence-corrected chi connectivity index (χ1v) is 12.6. The number of carbonyl (C=O) groups excluding carboxylic acids is 2. The lowest BCUT2D eigenvalue weighted by Crippen LogP contribution is -2.10. The van der Waals surface area contributed by atoms with Crippen LogP contribution in [0.3, 0.4) is 0 Å². The lowest BCUT2D eigenvalue weighted by molar-refractivity contribution is -0.118. The smallest absolute Gasteiger partial charge is 0.144 e. The molecule has 0 aliphatic heterocycles. The minimum absolute atomic E-state index is 0.0766. The van der Waals surface area contributed by atoms with Crippen LogP contribution in [0.4, 0.5) is 0 Å². The predicted octanol–water partition coefficient (Wildman–Crippen LogP) is 3.19. The van der Waals surface area contributed by atoms with E-state index in [0.29, 0.717) is 36.1 Å². The SMILES string of the molecule is O=C(Cc1ccccn1)Cc1ccc(C[C@@H]2C[C@H]2Cc2ccc(CC(=O)Cc3ccccn3)nn2)nn1. The van der Waals surface area contributed by atoms with E-state index < -0.39 is 0 Å². The summed E-state index contributed by atoms with van der Waals surface area (Å²) >= 11 is 0. The number of aromatic nitrogens is 6. The molecule has 1 aliphatic carbocycles. The van der Waals surface area contributed by atoms with Gasteiger partial charge >= 0.3 is 0 Å². The summed E-state index contributed by atoms with van der Waals surface area (Å²) in [6.07, 6.45) is 7.38. The number of ketones is 2. The van der Waals surface area contributed by atoms with Crippen molar-refractivity contribution in [1.29, 1.82) is 0 Å². The second-order valence-electron chi connectivity index (χ2n) is 9.62. The van der Waals surface area contributed by atoms with Gasteiger partial charge in [0.25, 0.3) is 0 Å². The molecule has 4 aromatic heterocycles. The zero-order valence-corrected chi connectivity index (χ0v) is 20.5. The lowest BCUT2D eigenvalue weighted by Gasteiger charge is -2.04. The van der Waals surface area contributed by atoms with Gasteiger partial charge in [-0.15, -0.1) is 0 Å². The summed E-state index contributed by atoms with van der Waals surface area (Å²) < 4.78 is 0. The third-order valence-electron chi connectivity index (χ3n) is 6.53. The van der Waals surface area contributed by atoms with Crippen LogP contribution in [0.15, 0.2) is 73.1 Å². The molecule has 5 rings (SSSR count). The fraction of sp³-hybridized carbons (Fsp3) is 0.310. The Morgan fingerprint density at radius 1 is 0.541 bits per heavy atom. The Morgan fingerprint density at radius 2 is 0.946 bits per heavy atom. The number of rotatable bonds is 12. The molecule has 37 heavy (non-hydrogen) atoms. The van der Waals surface area contributed by atoms with Crippen LogP contribution in [0.25, 0.3) is 0 Å².